The highest BCUT2D eigenvalue weighted by atomic mass is 32.2. The maximum Gasteiger partial charge on any atom is 0.279 e. The van der Waals surface area contributed by atoms with Gasteiger partial charge < -0.3 is 0 Å². The molecule has 1 aromatic rings. The smallest absolute Gasteiger partial charge is 0.276 e. The van der Waals surface area contributed by atoms with E-state index in [1.165, 1.54) is 0 Å². The zero-order valence-corrected chi connectivity index (χ0v) is 12.4. The summed E-state index contributed by atoms with van der Waals surface area (Å²) in [6, 6.07) is 0. The van der Waals surface area contributed by atoms with E-state index in [4.69, 9.17) is 0 Å². The molecule has 1 saturated heterocycles. The van der Waals surface area contributed by atoms with E-state index in [1.54, 1.807) is 15.2 Å². The molecule has 1 aliphatic rings. The van der Waals surface area contributed by atoms with Crippen LogP contribution in [0.3, 0.4) is 0 Å². The SMILES string of the molecule is CC1CCCN(S(=O)(=O)NCCc2cnn(C)c2)C1. The minimum atomic E-state index is -3.32. The largest absolute Gasteiger partial charge is 0.279 e. The van der Waals surface area contributed by atoms with Crippen LogP contribution in [0.5, 0.6) is 0 Å². The maximum atomic E-state index is 12.1. The van der Waals surface area contributed by atoms with E-state index >= 15 is 0 Å². The van der Waals surface area contributed by atoms with Crippen LogP contribution in [0.1, 0.15) is 25.3 Å². The highest BCUT2D eigenvalue weighted by Gasteiger charge is 2.26. The Hall–Kier alpha value is -0.920. The Morgan fingerprint density at radius 1 is 1.53 bits per heavy atom. The number of nitrogens with one attached hydrogen (secondary N) is 1. The van der Waals surface area contributed by atoms with Gasteiger partial charge in [-0.3, -0.25) is 4.68 Å². The van der Waals surface area contributed by atoms with E-state index in [9.17, 15) is 8.42 Å². The molecule has 0 spiro atoms. The summed E-state index contributed by atoms with van der Waals surface area (Å²) in [6.45, 7) is 3.77. The zero-order valence-electron chi connectivity index (χ0n) is 11.5. The molecule has 0 aliphatic carbocycles. The lowest BCUT2D eigenvalue weighted by Crippen LogP contribution is -2.46. The highest BCUT2D eigenvalue weighted by molar-refractivity contribution is 7.87. The zero-order chi connectivity index (χ0) is 13.9. The number of aromatic nitrogens is 2. The minimum absolute atomic E-state index is 0.416. The van der Waals surface area contributed by atoms with Crippen LogP contribution in [0, 0.1) is 5.92 Å². The molecule has 1 unspecified atom stereocenters. The van der Waals surface area contributed by atoms with Crippen molar-refractivity contribution in [2.24, 2.45) is 13.0 Å². The summed E-state index contributed by atoms with van der Waals surface area (Å²) in [5.74, 6) is 0.448. The van der Waals surface area contributed by atoms with E-state index < -0.39 is 10.2 Å². The molecular weight excluding hydrogens is 264 g/mol. The third-order valence-corrected chi connectivity index (χ3v) is 5.00. The van der Waals surface area contributed by atoms with Gasteiger partial charge in [0.1, 0.15) is 0 Å². The fraction of sp³-hybridized carbons (Fsp3) is 0.750. The predicted molar refractivity (Wildman–Crippen MR) is 73.8 cm³/mol. The van der Waals surface area contributed by atoms with Crippen molar-refractivity contribution in [1.29, 1.82) is 0 Å². The molecule has 1 atom stereocenters. The van der Waals surface area contributed by atoms with Gasteiger partial charge in [-0.05, 0) is 30.7 Å². The van der Waals surface area contributed by atoms with Crippen molar-refractivity contribution in [3.63, 3.8) is 0 Å². The van der Waals surface area contributed by atoms with E-state index in [-0.39, 0.29) is 0 Å². The van der Waals surface area contributed by atoms with Crippen molar-refractivity contribution in [1.82, 2.24) is 18.8 Å². The van der Waals surface area contributed by atoms with Gasteiger partial charge in [0.15, 0.2) is 0 Å². The van der Waals surface area contributed by atoms with Gasteiger partial charge in [0.25, 0.3) is 10.2 Å². The summed E-state index contributed by atoms with van der Waals surface area (Å²) in [5.41, 5.74) is 1.04. The molecule has 1 aromatic heterocycles. The number of rotatable bonds is 5. The van der Waals surface area contributed by atoms with Crippen molar-refractivity contribution >= 4 is 10.2 Å². The minimum Gasteiger partial charge on any atom is -0.276 e. The molecule has 0 bridgehead atoms. The van der Waals surface area contributed by atoms with Gasteiger partial charge in [-0.25, -0.2) is 4.72 Å². The van der Waals surface area contributed by atoms with Crippen LogP contribution in [0.4, 0.5) is 0 Å². The number of nitrogens with zero attached hydrogens (tertiary/aromatic N) is 3. The molecule has 2 heterocycles. The summed E-state index contributed by atoms with van der Waals surface area (Å²) in [4.78, 5) is 0. The van der Waals surface area contributed by atoms with Gasteiger partial charge in [-0.15, -0.1) is 0 Å². The van der Waals surface area contributed by atoms with Gasteiger partial charge in [0.05, 0.1) is 6.20 Å². The molecule has 1 N–H and O–H groups in total. The Morgan fingerprint density at radius 3 is 2.95 bits per heavy atom. The number of piperidine rings is 1. The van der Waals surface area contributed by atoms with E-state index in [0.717, 1.165) is 18.4 Å². The Morgan fingerprint density at radius 2 is 2.32 bits per heavy atom. The molecule has 19 heavy (non-hydrogen) atoms. The molecule has 0 amide bonds. The van der Waals surface area contributed by atoms with Gasteiger partial charge in [-0.2, -0.15) is 17.8 Å². The Bertz CT molecular complexity index is 512. The average molecular weight is 286 g/mol. The van der Waals surface area contributed by atoms with Crippen LogP contribution < -0.4 is 4.72 Å². The molecule has 7 heteroatoms. The van der Waals surface area contributed by atoms with Crippen molar-refractivity contribution in [3.8, 4) is 0 Å². The standard InChI is InChI=1S/C12H22N4O2S/c1-11-4-3-7-16(9-11)19(17,18)14-6-5-12-8-13-15(2)10-12/h8,10-11,14H,3-7,9H2,1-2H3. The second-order valence-corrected chi connectivity index (χ2v) is 7.03. The number of aryl methyl sites for hydroxylation is 1. The molecule has 1 aliphatic heterocycles. The first-order valence-electron chi connectivity index (χ1n) is 6.69. The topological polar surface area (TPSA) is 67.2 Å². The third kappa shape index (κ3) is 4.02. The first-order valence-corrected chi connectivity index (χ1v) is 8.13. The quantitative estimate of drug-likeness (QED) is 0.858. The fourth-order valence-electron chi connectivity index (χ4n) is 2.38. The average Bonchev–Trinajstić information content (AvgIpc) is 2.75. The molecular formula is C12H22N4O2S. The number of hydrogen-bond acceptors (Lipinski definition) is 3. The molecule has 6 nitrogen and oxygen atoms in total. The fourth-order valence-corrected chi connectivity index (χ4v) is 3.74. The first kappa shape index (κ1) is 14.5. The predicted octanol–water partition coefficient (Wildman–Crippen LogP) is 0.529. The van der Waals surface area contributed by atoms with Crippen molar-refractivity contribution in [2.75, 3.05) is 19.6 Å². The number of hydrogen-bond donors (Lipinski definition) is 1. The van der Waals surface area contributed by atoms with Gasteiger partial charge in [0, 0.05) is 32.9 Å². The Labute approximate surface area is 115 Å². The van der Waals surface area contributed by atoms with E-state index in [2.05, 4.69) is 16.7 Å². The first-order chi connectivity index (χ1) is 8.97. The molecule has 1 fully saturated rings. The second-order valence-electron chi connectivity index (χ2n) is 5.28. The maximum absolute atomic E-state index is 12.1. The van der Waals surface area contributed by atoms with Crippen LogP contribution in [-0.2, 0) is 23.7 Å². The normalized spacial score (nSPS) is 21.7. The van der Waals surface area contributed by atoms with Crippen LogP contribution in [0.15, 0.2) is 12.4 Å². The van der Waals surface area contributed by atoms with Crippen molar-refractivity contribution in [2.45, 2.75) is 26.2 Å². The van der Waals surface area contributed by atoms with Gasteiger partial charge in [0.2, 0.25) is 0 Å². The van der Waals surface area contributed by atoms with Crippen LogP contribution in [-0.4, -0.2) is 42.1 Å². The summed E-state index contributed by atoms with van der Waals surface area (Å²) < 4.78 is 30.2. The summed E-state index contributed by atoms with van der Waals surface area (Å²) in [7, 11) is -1.47. The van der Waals surface area contributed by atoms with Crippen LogP contribution >= 0.6 is 0 Å². The molecule has 2 rings (SSSR count). The second kappa shape index (κ2) is 6.02. The van der Waals surface area contributed by atoms with Gasteiger partial charge in [-0.1, -0.05) is 6.92 Å². The van der Waals surface area contributed by atoms with Crippen molar-refractivity contribution in [3.05, 3.63) is 18.0 Å². The van der Waals surface area contributed by atoms with E-state index in [0.29, 0.717) is 32.0 Å². The highest BCUT2D eigenvalue weighted by Crippen LogP contribution is 2.17. The Balaban J connectivity index is 1.83. The summed E-state index contributed by atoms with van der Waals surface area (Å²) >= 11 is 0. The lowest BCUT2D eigenvalue weighted by atomic mass is 10.0. The lowest BCUT2D eigenvalue weighted by Gasteiger charge is -2.29. The third-order valence-electron chi connectivity index (χ3n) is 3.42. The molecule has 0 radical (unpaired) electrons. The van der Waals surface area contributed by atoms with E-state index in [1.807, 2.05) is 13.2 Å². The summed E-state index contributed by atoms with van der Waals surface area (Å²) in [6.07, 6.45) is 6.39. The lowest BCUT2D eigenvalue weighted by molar-refractivity contribution is 0.278. The van der Waals surface area contributed by atoms with Crippen molar-refractivity contribution < 1.29 is 8.42 Å². The van der Waals surface area contributed by atoms with Crippen LogP contribution in [0.2, 0.25) is 0 Å². The van der Waals surface area contributed by atoms with Crippen LogP contribution in [0.25, 0.3) is 0 Å². The van der Waals surface area contributed by atoms with Gasteiger partial charge >= 0.3 is 0 Å². The monoisotopic (exact) mass is 286 g/mol. The summed E-state index contributed by atoms with van der Waals surface area (Å²) in [5, 5.41) is 4.06. The Kier molecular flexibility index (Phi) is 4.59. The molecule has 0 aromatic carbocycles. The molecule has 0 saturated carbocycles. The molecule has 108 valence electrons.